The largest absolute Gasteiger partial charge is 0.458 e. The molecule has 0 bridgehead atoms. The minimum atomic E-state index is -0.386. The zero-order chi connectivity index (χ0) is 15.1. The molecule has 3 heteroatoms. The third-order valence-electron chi connectivity index (χ3n) is 3.05. The summed E-state index contributed by atoms with van der Waals surface area (Å²) in [6.45, 7) is 2.18. The molecule has 0 aliphatic heterocycles. The molecule has 0 unspecified atom stereocenters. The Labute approximate surface area is 124 Å². The number of nitrogens with zero attached hydrogens (tertiary/aromatic N) is 1. The van der Waals surface area contributed by atoms with Gasteiger partial charge in [0.05, 0.1) is 11.6 Å². The van der Waals surface area contributed by atoms with Crippen LogP contribution in [0.25, 0.3) is 6.08 Å². The maximum absolute atomic E-state index is 11.7. The van der Waals surface area contributed by atoms with E-state index in [0.29, 0.717) is 5.56 Å². The lowest BCUT2D eigenvalue weighted by molar-refractivity contribution is -0.138. The second-order valence-electron chi connectivity index (χ2n) is 4.61. The number of ether oxygens (including phenoxy) is 1. The van der Waals surface area contributed by atoms with Crippen molar-refractivity contribution < 1.29 is 9.53 Å². The van der Waals surface area contributed by atoms with Crippen LogP contribution in [0.1, 0.15) is 22.3 Å². The first-order valence-corrected chi connectivity index (χ1v) is 6.58. The molecule has 0 saturated heterocycles. The molecule has 0 N–H and O–H groups in total. The van der Waals surface area contributed by atoms with Gasteiger partial charge in [-0.2, -0.15) is 5.26 Å². The summed E-state index contributed by atoms with van der Waals surface area (Å²) in [5, 5.41) is 8.70. The van der Waals surface area contributed by atoms with Crippen LogP contribution < -0.4 is 0 Å². The van der Waals surface area contributed by atoms with Gasteiger partial charge in [0.2, 0.25) is 0 Å². The van der Waals surface area contributed by atoms with Gasteiger partial charge in [0.15, 0.2) is 0 Å². The molecule has 2 aromatic rings. The van der Waals surface area contributed by atoms with Crippen LogP contribution in [0.5, 0.6) is 0 Å². The maximum atomic E-state index is 11.7. The van der Waals surface area contributed by atoms with Crippen LogP contribution in [0.4, 0.5) is 0 Å². The SMILES string of the molecule is Cc1ccccc1/C=C/C(=O)OCc1ccc(C#N)cc1. The average Bonchev–Trinajstić information content (AvgIpc) is 2.52. The molecule has 0 aliphatic rings. The van der Waals surface area contributed by atoms with Gasteiger partial charge < -0.3 is 4.74 Å². The lowest BCUT2D eigenvalue weighted by Gasteiger charge is -2.02. The van der Waals surface area contributed by atoms with E-state index in [9.17, 15) is 4.79 Å². The van der Waals surface area contributed by atoms with E-state index in [4.69, 9.17) is 10.00 Å². The van der Waals surface area contributed by atoms with Crippen LogP contribution in [-0.4, -0.2) is 5.97 Å². The Bertz CT molecular complexity index is 694. The highest BCUT2D eigenvalue weighted by molar-refractivity contribution is 5.87. The molecule has 0 saturated carbocycles. The zero-order valence-corrected chi connectivity index (χ0v) is 11.7. The molecular formula is C18H15NO2. The van der Waals surface area contributed by atoms with Gasteiger partial charge in [-0.15, -0.1) is 0 Å². The van der Waals surface area contributed by atoms with Crippen molar-refractivity contribution in [2.24, 2.45) is 0 Å². The lowest BCUT2D eigenvalue weighted by Crippen LogP contribution is -2.00. The highest BCUT2D eigenvalue weighted by atomic mass is 16.5. The van der Waals surface area contributed by atoms with Gasteiger partial charge >= 0.3 is 5.97 Å². The van der Waals surface area contributed by atoms with Crippen molar-refractivity contribution in [1.82, 2.24) is 0 Å². The summed E-state index contributed by atoms with van der Waals surface area (Å²) in [6, 6.07) is 16.8. The second kappa shape index (κ2) is 7.06. The van der Waals surface area contributed by atoms with Crippen LogP contribution in [0, 0.1) is 18.3 Å². The monoisotopic (exact) mass is 277 g/mol. The number of esters is 1. The lowest BCUT2D eigenvalue weighted by atomic mass is 10.1. The van der Waals surface area contributed by atoms with Gasteiger partial charge in [0.25, 0.3) is 0 Å². The summed E-state index contributed by atoms with van der Waals surface area (Å²) in [4.78, 5) is 11.7. The first-order valence-electron chi connectivity index (χ1n) is 6.58. The van der Waals surface area contributed by atoms with E-state index in [0.717, 1.165) is 16.7 Å². The Kier molecular flexibility index (Phi) is 4.89. The molecular weight excluding hydrogens is 262 g/mol. The Morgan fingerprint density at radius 3 is 2.57 bits per heavy atom. The van der Waals surface area contributed by atoms with Gasteiger partial charge in [-0.1, -0.05) is 36.4 Å². The molecule has 2 aromatic carbocycles. The minimum absolute atomic E-state index is 0.197. The fourth-order valence-electron chi connectivity index (χ4n) is 1.81. The van der Waals surface area contributed by atoms with Gasteiger partial charge in [0, 0.05) is 6.08 Å². The molecule has 2 rings (SSSR count). The highest BCUT2D eigenvalue weighted by Crippen LogP contribution is 2.09. The number of aryl methyl sites for hydroxylation is 1. The Morgan fingerprint density at radius 1 is 1.19 bits per heavy atom. The van der Waals surface area contributed by atoms with Crippen LogP contribution in [-0.2, 0) is 16.1 Å². The van der Waals surface area contributed by atoms with Crippen LogP contribution in [0.15, 0.2) is 54.6 Å². The quantitative estimate of drug-likeness (QED) is 0.633. The summed E-state index contributed by atoms with van der Waals surface area (Å²) in [7, 11) is 0. The number of benzene rings is 2. The topological polar surface area (TPSA) is 50.1 Å². The molecule has 0 radical (unpaired) electrons. The van der Waals surface area contributed by atoms with E-state index in [-0.39, 0.29) is 12.6 Å². The number of nitriles is 1. The highest BCUT2D eigenvalue weighted by Gasteiger charge is 2.00. The van der Waals surface area contributed by atoms with Gasteiger partial charge in [-0.05, 0) is 41.8 Å². The van der Waals surface area contributed by atoms with E-state index in [1.807, 2.05) is 37.3 Å². The Hall–Kier alpha value is -2.86. The fraction of sp³-hybridized carbons (Fsp3) is 0.111. The summed E-state index contributed by atoms with van der Waals surface area (Å²) in [6.07, 6.45) is 3.17. The predicted molar refractivity (Wildman–Crippen MR) is 81.2 cm³/mol. The van der Waals surface area contributed by atoms with Crippen molar-refractivity contribution in [1.29, 1.82) is 5.26 Å². The number of hydrogen-bond donors (Lipinski definition) is 0. The fourth-order valence-corrected chi connectivity index (χ4v) is 1.81. The van der Waals surface area contributed by atoms with Crippen LogP contribution >= 0.6 is 0 Å². The molecule has 0 aromatic heterocycles. The summed E-state index contributed by atoms with van der Waals surface area (Å²) in [5.74, 6) is -0.386. The molecule has 0 spiro atoms. The van der Waals surface area contributed by atoms with Gasteiger partial charge in [0.1, 0.15) is 6.61 Å². The van der Waals surface area contributed by atoms with E-state index < -0.39 is 0 Å². The average molecular weight is 277 g/mol. The summed E-state index contributed by atoms with van der Waals surface area (Å²) < 4.78 is 5.15. The number of hydrogen-bond acceptors (Lipinski definition) is 3. The number of rotatable bonds is 4. The molecule has 0 atom stereocenters. The minimum Gasteiger partial charge on any atom is -0.458 e. The van der Waals surface area contributed by atoms with Crippen molar-refractivity contribution in [3.63, 3.8) is 0 Å². The molecule has 0 amide bonds. The van der Waals surface area contributed by atoms with Crippen molar-refractivity contribution in [3.05, 3.63) is 76.9 Å². The number of carbonyl (C=O) groups is 1. The normalized spacial score (nSPS) is 10.3. The van der Waals surface area contributed by atoms with Crippen molar-refractivity contribution in [2.45, 2.75) is 13.5 Å². The van der Waals surface area contributed by atoms with Crippen molar-refractivity contribution >= 4 is 12.0 Å². The number of carbonyl (C=O) groups excluding carboxylic acids is 1. The zero-order valence-electron chi connectivity index (χ0n) is 11.7. The van der Waals surface area contributed by atoms with E-state index >= 15 is 0 Å². The van der Waals surface area contributed by atoms with Crippen molar-refractivity contribution in [3.8, 4) is 6.07 Å². The second-order valence-corrected chi connectivity index (χ2v) is 4.61. The smallest absolute Gasteiger partial charge is 0.331 e. The van der Waals surface area contributed by atoms with Crippen LogP contribution in [0.3, 0.4) is 0 Å². The van der Waals surface area contributed by atoms with E-state index in [1.165, 1.54) is 6.08 Å². The predicted octanol–water partition coefficient (Wildman–Crippen LogP) is 3.62. The molecule has 21 heavy (non-hydrogen) atoms. The maximum Gasteiger partial charge on any atom is 0.331 e. The van der Waals surface area contributed by atoms with E-state index in [2.05, 4.69) is 0 Å². The molecule has 0 aliphatic carbocycles. The summed E-state index contributed by atoms with van der Waals surface area (Å²) in [5.41, 5.74) is 3.54. The Balaban J connectivity index is 1.90. The third-order valence-corrected chi connectivity index (χ3v) is 3.05. The van der Waals surface area contributed by atoms with Gasteiger partial charge in [-0.25, -0.2) is 4.79 Å². The first kappa shape index (κ1) is 14.5. The van der Waals surface area contributed by atoms with Gasteiger partial charge in [-0.3, -0.25) is 0 Å². The first-order chi connectivity index (χ1) is 10.2. The van der Waals surface area contributed by atoms with Crippen LogP contribution in [0.2, 0.25) is 0 Å². The third kappa shape index (κ3) is 4.32. The Morgan fingerprint density at radius 2 is 1.90 bits per heavy atom. The van der Waals surface area contributed by atoms with Crippen molar-refractivity contribution in [2.75, 3.05) is 0 Å². The van der Waals surface area contributed by atoms with E-state index in [1.54, 1.807) is 30.3 Å². The summed E-state index contributed by atoms with van der Waals surface area (Å²) >= 11 is 0. The molecule has 0 fully saturated rings. The molecule has 3 nitrogen and oxygen atoms in total. The molecule has 0 heterocycles. The molecule has 104 valence electrons. The standard InChI is InChI=1S/C18H15NO2/c1-14-4-2-3-5-17(14)10-11-18(20)21-13-16-8-6-15(12-19)7-9-16/h2-11H,13H2,1H3/b11-10+.